The average molecular weight is 253 g/mol. The lowest BCUT2D eigenvalue weighted by Crippen LogP contribution is -2.40. The molecule has 0 radical (unpaired) electrons. The first-order valence-corrected chi connectivity index (χ1v) is 5.71. The Bertz CT molecular complexity index is 470. The molecule has 0 aromatic carbocycles. The van der Waals surface area contributed by atoms with Gasteiger partial charge in [0.25, 0.3) is 5.91 Å². The van der Waals surface area contributed by atoms with Gasteiger partial charge in [-0.25, -0.2) is 0 Å². The maximum absolute atomic E-state index is 12.1. The molecular formula is C11H15N3O2S. The number of amides is 1. The molecule has 0 bridgehead atoms. The third kappa shape index (κ3) is 3.67. The van der Waals surface area contributed by atoms with Crippen LogP contribution in [0.25, 0.3) is 0 Å². The molecule has 0 unspecified atom stereocenters. The summed E-state index contributed by atoms with van der Waals surface area (Å²) in [4.78, 5) is 28.0. The minimum Gasteiger partial charge on any atom is -0.392 e. The molecule has 1 aromatic heterocycles. The van der Waals surface area contributed by atoms with Crippen LogP contribution >= 0.6 is 12.2 Å². The van der Waals surface area contributed by atoms with E-state index in [9.17, 15) is 9.59 Å². The van der Waals surface area contributed by atoms with Gasteiger partial charge in [-0.2, -0.15) is 0 Å². The summed E-state index contributed by atoms with van der Waals surface area (Å²) in [5.41, 5.74) is 5.23. The predicted molar refractivity (Wildman–Crippen MR) is 70.0 cm³/mol. The third-order valence-electron chi connectivity index (χ3n) is 2.18. The highest BCUT2D eigenvalue weighted by atomic mass is 32.1. The third-order valence-corrected chi connectivity index (χ3v) is 2.31. The van der Waals surface area contributed by atoms with Crippen LogP contribution in [0.1, 0.15) is 23.7 Å². The van der Waals surface area contributed by atoms with Crippen LogP contribution in [0.2, 0.25) is 0 Å². The number of nitrogens with zero attached hydrogens (tertiary/aromatic N) is 1. The highest BCUT2D eigenvalue weighted by molar-refractivity contribution is 7.80. The van der Waals surface area contributed by atoms with Gasteiger partial charge < -0.3 is 15.6 Å². The molecule has 0 aliphatic rings. The Hall–Kier alpha value is -1.69. The van der Waals surface area contributed by atoms with Crippen molar-refractivity contribution >= 4 is 23.1 Å². The second kappa shape index (κ2) is 6.15. The van der Waals surface area contributed by atoms with Crippen molar-refractivity contribution in [1.29, 1.82) is 0 Å². The number of pyridine rings is 1. The Balaban J connectivity index is 2.95. The van der Waals surface area contributed by atoms with E-state index >= 15 is 0 Å². The van der Waals surface area contributed by atoms with Crippen molar-refractivity contribution in [3.63, 3.8) is 0 Å². The number of thiocarbonyl (C=S) groups is 1. The fourth-order valence-corrected chi connectivity index (χ4v) is 1.62. The van der Waals surface area contributed by atoms with Crippen LogP contribution < -0.4 is 11.2 Å². The lowest BCUT2D eigenvalue weighted by atomic mass is 10.2. The summed E-state index contributed by atoms with van der Waals surface area (Å²) >= 11 is 4.79. The molecule has 0 atom stereocenters. The van der Waals surface area contributed by atoms with E-state index in [0.29, 0.717) is 6.54 Å². The zero-order valence-corrected chi connectivity index (χ0v) is 10.4. The van der Waals surface area contributed by atoms with Gasteiger partial charge in [0.05, 0.1) is 11.5 Å². The van der Waals surface area contributed by atoms with Crippen LogP contribution in [0.3, 0.4) is 0 Å². The summed E-state index contributed by atoms with van der Waals surface area (Å²) < 4.78 is 0. The van der Waals surface area contributed by atoms with Crippen LogP contribution in [0, 0.1) is 0 Å². The number of carbonyl (C=O) groups excluding carboxylic acids is 1. The van der Waals surface area contributed by atoms with E-state index in [1.54, 1.807) is 0 Å². The predicted octanol–water partition coefficient (Wildman–Crippen LogP) is 0.513. The number of nitrogens with one attached hydrogen (secondary N) is 1. The lowest BCUT2D eigenvalue weighted by Gasteiger charge is -2.20. The monoisotopic (exact) mass is 253 g/mol. The quantitative estimate of drug-likeness (QED) is 0.750. The van der Waals surface area contributed by atoms with Crippen molar-refractivity contribution in [1.82, 2.24) is 9.88 Å². The van der Waals surface area contributed by atoms with Gasteiger partial charge in [-0.15, -0.1) is 0 Å². The number of nitrogens with two attached hydrogens (primary N) is 1. The number of rotatable bonds is 5. The van der Waals surface area contributed by atoms with E-state index in [1.165, 1.54) is 23.4 Å². The fraction of sp³-hybridized carbons (Fsp3) is 0.364. The normalized spacial score (nSPS) is 9.94. The minimum absolute atomic E-state index is 0.109. The molecule has 0 saturated carbocycles. The Labute approximate surface area is 105 Å². The number of aromatic amines is 1. The molecule has 1 aromatic rings. The van der Waals surface area contributed by atoms with Gasteiger partial charge in [-0.05, 0) is 6.42 Å². The van der Waals surface area contributed by atoms with Gasteiger partial charge in [0.1, 0.15) is 5.56 Å². The summed E-state index contributed by atoms with van der Waals surface area (Å²) in [5, 5.41) is 0. The zero-order valence-electron chi connectivity index (χ0n) is 9.60. The van der Waals surface area contributed by atoms with Crippen LogP contribution in [0.4, 0.5) is 0 Å². The van der Waals surface area contributed by atoms with E-state index in [0.717, 1.165) is 6.42 Å². The van der Waals surface area contributed by atoms with Crippen molar-refractivity contribution < 1.29 is 4.79 Å². The highest BCUT2D eigenvalue weighted by Crippen LogP contribution is 2.00. The fourth-order valence-electron chi connectivity index (χ4n) is 1.46. The minimum atomic E-state index is -0.346. The number of hydrogen-bond acceptors (Lipinski definition) is 3. The van der Waals surface area contributed by atoms with Gasteiger partial charge >= 0.3 is 0 Å². The molecule has 0 fully saturated rings. The standard InChI is InChI=1S/C11H15N3O2S/c1-2-5-14(7-10(12)17)11(16)8-6-13-4-3-9(8)15/h3-4,6H,2,5,7H2,1H3,(H2,12,17)(H,13,15). The summed E-state index contributed by atoms with van der Waals surface area (Å²) in [7, 11) is 0. The summed E-state index contributed by atoms with van der Waals surface area (Å²) in [6.07, 6.45) is 3.66. The van der Waals surface area contributed by atoms with Crippen LogP contribution in [0.15, 0.2) is 23.3 Å². The van der Waals surface area contributed by atoms with Crippen molar-refractivity contribution in [2.24, 2.45) is 5.73 Å². The SMILES string of the molecule is CCCN(CC(N)=S)C(=O)c1c[nH]ccc1=O. The maximum Gasteiger partial charge on any atom is 0.259 e. The van der Waals surface area contributed by atoms with E-state index in [-0.39, 0.29) is 28.4 Å². The molecule has 92 valence electrons. The maximum atomic E-state index is 12.1. The lowest BCUT2D eigenvalue weighted by molar-refractivity contribution is 0.0778. The van der Waals surface area contributed by atoms with Crippen molar-refractivity contribution in [2.75, 3.05) is 13.1 Å². The number of aromatic nitrogens is 1. The van der Waals surface area contributed by atoms with E-state index in [1.807, 2.05) is 6.92 Å². The second-order valence-corrected chi connectivity index (χ2v) is 4.14. The first kappa shape index (κ1) is 13.4. The molecule has 0 saturated heterocycles. The zero-order chi connectivity index (χ0) is 12.8. The van der Waals surface area contributed by atoms with Gasteiger partial charge in [0.15, 0.2) is 5.43 Å². The van der Waals surface area contributed by atoms with Crippen molar-refractivity contribution in [3.05, 3.63) is 34.2 Å². The van der Waals surface area contributed by atoms with Gasteiger partial charge in [0.2, 0.25) is 0 Å². The van der Waals surface area contributed by atoms with Crippen LogP contribution in [-0.2, 0) is 0 Å². The summed E-state index contributed by atoms with van der Waals surface area (Å²) in [5.74, 6) is -0.346. The molecule has 6 heteroatoms. The van der Waals surface area contributed by atoms with Gasteiger partial charge in [-0.1, -0.05) is 19.1 Å². The van der Waals surface area contributed by atoms with Gasteiger partial charge in [0, 0.05) is 25.0 Å². The average Bonchev–Trinajstić information content (AvgIpc) is 2.28. The topological polar surface area (TPSA) is 79.2 Å². The van der Waals surface area contributed by atoms with Crippen LogP contribution in [-0.4, -0.2) is 33.9 Å². The number of hydrogen-bond donors (Lipinski definition) is 2. The first-order chi connectivity index (χ1) is 8.06. The molecule has 1 heterocycles. The second-order valence-electron chi connectivity index (χ2n) is 3.62. The van der Waals surface area contributed by atoms with Crippen LogP contribution in [0.5, 0.6) is 0 Å². The Morgan fingerprint density at radius 2 is 2.29 bits per heavy atom. The molecule has 0 aliphatic heterocycles. The summed E-state index contributed by atoms with van der Waals surface area (Å²) in [6, 6.07) is 1.32. The molecule has 0 aliphatic carbocycles. The molecule has 5 nitrogen and oxygen atoms in total. The Morgan fingerprint density at radius 3 is 2.82 bits per heavy atom. The number of H-pyrrole nitrogens is 1. The van der Waals surface area contributed by atoms with Crippen molar-refractivity contribution in [3.8, 4) is 0 Å². The van der Waals surface area contributed by atoms with E-state index in [2.05, 4.69) is 4.98 Å². The molecular weight excluding hydrogens is 238 g/mol. The first-order valence-electron chi connectivity index (χ1n) is 5.31. The van der Waals surface area contributed by atoms with E-state index < -0.39 is 0 Å². The summed E-state index contributed by atoms with van der Waals surface area (Å²) in [6.45, 7) is 2.65. The number of carbonyl (C=O) groups is 1. The molecule has 0 spiro atoms. The Morgan fingerprint density at radius 1 is 1.59 bits per heavy atom. The largest absolute Gasteiger partial charge is 0.392 e. The van der Waals surface area contributed by atoms with E-state index in [4.69, 9.17) is 18.0 Å². The van der Waals surface area contributed by atoms with Crippen molar-refractivity contribution in [2.45, 2.75) is 13.3 Å². The molecule has 1 rings (SSSR count). The molecule has 3 N–H and O–H groups in total. The highest BCUT2D eigenvalue weighted by Gasteiger charge is 2.17. The smallest absolute Gasteiger partial charge is 0.259 e. The molecule has 1 amide bonds. The molecule has 17 heavy (non-hydrogen) atoms. The Kier molecular flexibility index (Phi) is 4.84. The van der Waals surface area contributed by atoms with Gasteiger partial charge in [-0.3, -0.25) is 9.59 Å².